The average molecular weight is 302 g/mol. The van der Waals surface area contributed by atoms with Crippen molar-refractivity contribution < 1.29 is 4.79 Å². The van der Waals surface area contributed by atoms with Gasteiger partial charge in [-0.3, -0.25) is 14.7 Å². The van der Waals surface area contributed by atoms with Crippen LogP contribution >= 0.6 is 11.3 Å². The van der Waals surface area contributed by atoms with Gasteiger partial charge in [0, 0.05) is 43.8 Å². The zero-order valence-corrected chi connectivity index (χ0v) is 12.8. The van der Waals surface area contributed by atoms with Gasteiger partial charge < -0.3 is 4.90 Å². The van der Waals surface area contributed by atoms with E-state index in [1.807, 2.05) is 11.8 Å². The third-order valence-electron chi connectivity index (χ3n) is 3.62. The van der Waals surface area contributed by atoms with Gasteiger partial charge in [0.25, 0.3) is 5.91 Å². The summed E-state index contributed by atoms with van der Waals surface area (Å²) in [4.78, 5) is 26.3. The molecule has 1 fully saturated rings. The number of carbonyl (C=O) groups excluding carboxylic acids is 1. The average Bonchev–Trinajstić information content (AvgIpc) is 3.01. The van der Waals surface area contributed by atoms with Crippen molar-refractivity contribution in [2.24, 2.45) is 0 Å². The lowest BCUT2D eigenvalue weighted by atomic mass is 10.2. The van der Waals surface area contributed by atoms with E-state index in [9.17, 15) is 4.79 Å². The molecule has 3 rings (SSSR count). The first-order chi connectivity index (χ1) is 10.2. The highest BCUT2D eigenvalue weighted by atomic mass is 32.1. The van der Waals surface area contributed by atoms with Gasteiger partial charge in [0.15, 0.2) is 0 Å². The number of piperazine rings is 1. The van der Waals surface area contributed by atoms with Crippen LogP contribution in [-0.4, -0.2) is 51.9 Å². The Morgan fingerprint density at radius 1 is 1.24 bits per heavy atom. The van der Waals surface area contributed by atoms with Crippen LogP contribution in [0, 0.1) is 6.92 Å². The monoisotopic (exact) mass is 302 g/mol. The van der Waals surface area contributed by atoms with Crippen molar-refractivity contribution in [1.29, 1.82) is 0 Å². The quantitative estimate of drug-likeness (QED) is 0.867. The molecule has 2 aromatic heterocycles. The van der Waals surface area contributed by atoms with Gasteiger partial charge in [0.1, 0.15) is 5.69 Å². The fourth-order valence-electron chi connectivity index (χ4n) is 2.40. The van der Waals surface area contributed by atoms with Gasteiger partial charge in [0.05, 0.1) is 11.9 Å². The van der Waals surface area contributed by atoms with Gasteiger partial charge >= 0.3 is 0 Å². The number of rotatable bonds is 3. The van der Waals surface area contributed by atoms with Crippen molar-refractivity contribution in [3.8, 4) is 0 Å². The summed E-state index contributed by atoms with van der Waals surface area (Å²) in [6.07, 6.45) is 3.20. The van der Waals surface area contributed by atoms with Crippen LogP contribution in [0.15, 0.2) is 29.9 Å². The van der Waals surface area contributed by atoms with E-state index < -0.39 is 0 Å². The SMILES string of the molecule is Cc1cnc(C(=O)N2CCN(Cc3cccs3)CC2)cn1. The maximum Gasteiger partial charge on any atom is 0.274 e. The summed E-state index contributed by atoms with van der Waals surface area (Å²) in [7, 11) is 0. The smallest absolute Gasteiger partial charge is 0.274 e. The second-order valence-corrected chi connectivity index (χ2v) is 6.22. The van der Waals surface area contributed by atoms with Gasteiger partial charge in [-0.25, -0.2) is 4.98 Å². The van der Waals surface area contributed by atoms with E-state index in [4.69, 9.17) is 0 Å². The Hall–Kier alpha value is -1.79. The van der Waals surface area contributed by atoms with Crippen LogP contribution in [0.25, 0.3) is 0 Å². The molecule has 21 heavy (non-hydrogen) atoms. The molecule has 1 aliphatic rings. The maximum atomic E-state index is 12.3. The summed E-state index contributed by atoms with van der Waals surface area (Å²) in [5.74, 6) is -0.0155. The minimum atomic E-state index is -0.0155. The van der Waals surface area contributed by atoms with Crippen molar-refractivity contribution in [1.82, 2.24) is 19.8 Å². The summed E-state index contributed by atoms with van der Waals surface area (Å²) in [5.41, 5.74) is 1.26. The lowest BCUT2D eigenvalue weighted by Gasteiger charge is -2.34. The number of carbonyl (C=O) groups is 1. The molecule has 0 aliphatic carbocycles. The highest BCUT2D eigenvalue weighted by Gasteiger charge is 2.23. The van der Waals surface area contributed by atoms with Crippen molar-refractivity contribution in [2.75, 3.05) is 26.2 Å². The van der Waals surface area contributed by atoms with Crippen LogP contribution in [0.1, 0.15) is 21.1 Å². The van der Waals surface area contributed by atoms with Crippen molar-refractivity contribution in [2.45, 2.75) is 13.5 Å². The first-order valence-electron chi connectivity index (χ1n) is 7.05. The lowest BCUT2D eigenvalue weighted by Crippen LogP contribution is -2.48. The lowest BCUT2D eigenvalue weighted by molar-refractivity contribution is 0.0623. The van der Waals surface area contributed by atoms with Gasteiger partial charge in [-0.05, 0) is 18.4 Å². The number of amides is 1. The molecule has 5 nitrogen and oxygen atoms in total. The van der Waals surface area contributed by atoms with Crippen LogP contribution in [0.4, 0.5) is 0 Å². The number of thiophene rings is 1. The van der Waals surface area contributed by atoms with E-state index in [0.29, 0.717) is 5.69 Å². The number of nitrogens with zero attached hydrogens (tertiary/aromatic N) is 4. The number of hydrogen-bond donors (Lipinski definition) is 0. The van der Waals surface area contributed by atoms with Crippen molar-refractivity contribution >= 4 is 17.2 Å². The third-order valence-corrected chi connectivity index (χ3v) is 4.48. The van der Waals surface area contributed by atoms with Crippen LogP contribution in [0.3, 0.4) is 0 Å². The highest BCUT2D eigenvalue weighted by Crippen LogP contribution is 2.14. The molecular weight excluding hydrogens is 284 g/mol. The molecular formula is C15H18N4OS. The molecule has 3 heterocycles. The number of aryl methyl sites for hydroxylation is 1. The summed E-state index contributed by atoms with van der Waals surface area (Å²) >= 11 is 1.78. The largest absolute Gasteiger partial charge is 0.335 e. The zero-order chi connectivity index (χ0) is 14.7. The van der Waals surface area contributed by atoms with Gasteiger partial charge in [-0.15, -0.1) is 11.3 Å². The first-order valence-corrected chi connectivity index (χ1v) is 7.93. The molecule has 0 N–H and O–H groups in total. The fourth-order valence-corrected chi connectivity index (χ4v) is 3.14. The summed E-state index contributed by atoms with van der Waals surface area (Å²) in [6.45, 7) is 6.15. The molecule has 1 amide bonds. The standard InChI is InChI=1S/C15H18N4OS/c1-12-9-17-14(10-16-12)15(20)19-6-4-18(5-7-19)11-13-3-2-8-21-13/h2-3,8-10H,4-7,11H2,1H3. The van der Waals surface area contributed by atoms with Gasteiger partial charge in [0.2, 0.25) is 0 Å². The second-order valence-electron chi connectivity index (χ2n) is 5.19. The Bertz CT molecular complexity index is 589. The van der Waals surface area contributed by atoms with Crippen LogP contribution in [0.2, 0.25) is 0 Å². The molecule has 6 heteroatoms. The Morgan fingerprint density at radius 2 is 2.05 bits per heavy atom. The summed E-state index contributed by atoms with van der Waals surface area (Å²) in [5, 5.41) is 2.10. The Labute approximate surface area is 128 Å². The van der Waals surface area contributed by atoms with Crippen LogP contribution < -0.4 is 0 Å². The molecule has 0 bridgehead atoms. The first kappa shape index (κ1) is 14.2. The zero-order valence-electron chi connectivity index (χ0n) is 12.0. The molecule has 0 radical (unpaired) electrons. The topological polar surface area (TPSA) is 49.3 Å². The van der Waals surface area contributed by atoms with Gasteiger partial charge in [-0.1, -0.05) is 6.07 Å². The normalized spacial score (nSPS) is 16.1. The molecule has 1 aliphatic heterocycles. The molecule has 0 aromatic carbocycles. The van der Waals surface area contributed by atoms with E-state index in [2.05, 4.69) is 32.4 Å². The Balaban J connectivity index is 1.55. The Morgan fingerprint density at radius 3 is 2.67 bits per heavy atom. The Kier molecular flexibility index (Phi) is 4.26. The molecule has 0 saturated carbocycles. The minimum Gasteiger partial charge on any atom is -0.335 e. The minimum absolute atomic E-state index is 0.0155. The van der Waals surface area contributed by atoms with Crippen molar-refractivity contribution in [3.05, 3.63) is 46.2 Å². The summed E-state index contributed by atoms with van der Waals surface area (Å²) < 4.78 is 0. The third kappa shape index (κ3) is 3.46. The molecule has 110 valence electrons. The summed E-state index contributed by atoms with van der Waals surface area (Å²) in [6, 6.07) is 4.24. The molecule has 2 aromatic rings. The number of hydrogen-bond acceptors (Lipinski definition) is 5. The van der Waals surface area contributed by atoms with Crippen LogP contribution in [0.5, 0.6) is 0 Å². The predicted octanol–water partition coefficient (Wildman–Crippen LogP) is 1.80. The highest BCUT2D eigenvalue weighted by molar-refractivity contribution is 7.09. The van der Waals surface area contributed by atoms with E-state index in [0.717, 1.165) is 38.4 Å². The molecule has 0 spiro atoms. The fraction of sp³-hybridized carbons (Fsp3) is 0.400. The van der Waals surface area contributed by atoms with Gasteiger partial charge in [-0.2, -0.15) is 0 Å². The van der Waals surface area contributed by atoms with E-state index >= 15 is 0 Å². The van der Waals surface area contributed by atoms with Crippen molar-refractivity contribution in [3.63, 3.8) is 0 Å². The molecule has 1 saturated heterocycles. The second kappa shape index (κ2) is 6.32. The van der Waals surface area contributed by atoms with E-state index in [-0.39, 0.29) is 5.91 Å². The van der Waals surface area contributed by atoms with E-state index in [1.165, 1.54) is 4.88 Å². The molecule has 0 atom stereocenters. The number of aromatic nitrogens is 2. The maximum absolute atomic E-state index is 12.3. The molecule has 0 unspecified atom stereocenters. The van der Waals surface area contributed by atoms with E-state index in [1.54, 1.807) is 23.7 Å². The predicted molar refractivity (Wildman–Crippen MR) is 82.3 cm³/mol. The van der Waals surface area contributed by atoms with Crippen LogP contribution in [-0.2, 0) is 6.54 Å².